The molecule has 17 heavy (non-hydrogen) atoms. The average molecular weight is 296 g/mol. The van der Waals surface area contributed by atoms with Gasteiger partial charge in [-0.05, 0) is 34.5 Å². The normalized spacial score (nSPS) is 10.5. The van der Waals surface area contributed by atoms with Gasteiger partial charge in [-0.15, -0.1) is 0 Å². The minimum absolute atomic E-state index is 0.179. The molecule has 4 nitrogen and oxygen atoms in total. The van der Waals surface area contributed by atoms with Crippen LogP contribution in [0.3, 0.4) is 0 Å². The van der Waals surface area contributed by atoms with Gasteiger partial charge in [0, 0.05) is 11.8 Å². The molecule has 0 aliphatic heterocycles. The summed E-state index contributed by atoms with van der Waals surface area (Å²) in [5, 5.41) is 9.24. The van der Waals surface area contributed by atoms with Gasteiger partial charge in [-0.25, -0.2) is 4.79 Å². The molecule has 5 heteroatoms. The highest BCUT2D eigenvalue weighted by Gasteiger charge is 2.24. The van der Waals surface area contributed by atoms with Crippen LogP contribution in [0, 0.1) is 0 Å². The second-order valence-corrected chi connectivity index (χ2v) is 4.15. The van der Waals surface area contributed by atoms with Crippen LogP contribution in [0.25, 0.3) is 11.5 Å². The standard InChI is InChI=1S/C12H10BrNO3/c1-2-7-9(12(15)16)10(17-11(7)13)8-5-3-4-6-14-8/h3-6H,2H2,1H3,(H,15,16). The van der Waals surface area contributed by atoms with Gasteiger partial charge in [0.2, 0.25) is 0 Å². The molecule has 2 rings (SSSR count). The van der Waals surface area contributed by atoms with Crippen LogP contribution in [-0.4, -0.2) is 16.1 Å². The average Bonchev–Trinajstić information content (AvgIpc) is 2.67. The van der Waals surface area contributed by atoms with E-state index in [1.54, 1.807) is 24.4 Å². The number of pyridine rings is 1. The third kappa shape index (κ3) is 2.10. The molecule has 0 bridgehead atoms. The molecule has 0 saturated heterocycles. The van der Waals surface area contributed by atoms with E-state index in [-0.39, 0.29) is 5.56 Å². The van der Waals surface area contributed by atoms with Gasteiger partial charge in [0.05, 0.1) is 0 Å². The molecule has 0 radical (unpaired) electrons. The van der Waals surface area contributed by atoms with E-state index in [0.717, 1.165) is 0 Å². The zero-order valence-corrected chi connectivity index (χ0v) is 10.7. The molecule has 0 atom stereocenters. The fourth-order valence-corrected chi connectivity index (χ4v) is 2.30. The lowest BCUT2D eigenvalue weighted by Crippen LogP contribution is -2.01. The number of halogens is 1. The van der Waals surface area contributed by atoms with Crippen LogP contribution in [0.5, 0.6) is 0 Å². The zero-order chi connectivity index (χ0) is 12.4. The maximum absolute atomic E-state index is 11.3. The third-order valence-electron chi connectivity index (χ3n) is 2.42. The summed E-state index contributed by atoms with van der Waals surface area (Å²) in [5.74, 6) is -0.709. The lowest BCUT2D eigenvalue weighted by molar-refractivity contribution is 0.0696. The number of furan rings is 1. The molecule has 2 heterocycles. The Balaban J connectivity index is 2.66. The summed E-state index contributed by atoms with van der Waals surface area (Å²) < 4.78 is 5.91. The highest BCUT2D eigenvalue weighted by Crippen LogP contribution is 2.34. The molecular formula is C12H10BrNO3. The van der Waals surface area contributed by atoms with Crippen molar-refractivity contribution < 1.29 is 14.3 Å². The van der Waals surface area contributed by atoms with E-state index in [4.69, 9.17) is 4.42 Å². The van der Waals surface area contributed by atoms with Gasteiger partial charge in [-0.1, -0.05) is 13.0 Å². The first kappa shape index (κ1) is 11.9. The minimum Gasteiger partial charge on any atom is -0.478 e. The second kappa shape index (κ2) is 4.71. The molecule has 1 N–H and O–H groups in total. The molecule has 2 aromatic rings. The SMILES string of the molecule is CCc1c(Br)oc(-c2ccccn2)c1C(=O)O. The molecule has 0 aliphatic rings. The van der Waals surface area contributed by atoms with Gasteiger partial charge < -0.3 is 9.52 Å². The molecule has 0 unspecified atom stereocenters. The molecule has 0 spiro atoms. The van der Waals surface area contributed by atoms with E-state index >= 15 is 0 Å². The van der Waals surface area contributed by atoms with Gasteiger partial charge in [0.15, 0.2) is 10.4 Å². The van der Waals surface area contributed by atoms with Gasteiger partial charge in [0.1, 0.15) is 11.3 Å². The largest absolute Gasteiger partial charge is 0.478 e. The Morgan fingerprint density at radius 2 is 2.29 bits per heavy atom. The number of rotatable bonds is 3. The fourth-order valence-electron chi connectivity index (χ4n) is 1.66. The Kier molecular flexibility index (Phi) is 3.28. The van der Waals surface area contributed by atoms with Crippen LogP contribution in [0.1, 0.15) is 22.8 Å². The van der Waals surface area contributed by atoms with Crippen LogP contribution >= 0.6 is 15.9 Å². The van der Waals surface area contributed by atoms with E-state index in [0.29, 0.717) is 28.1 Å². The highest BCUT2D eigenvalue weighted by atomic mass is 79.9. The Hall–Kier alpha value is -1.62. The van der Waals surface area contributed by atoms with Crippen molar-refractivity contribution in [3.05, 3.63) is 40.2 Å². The Bertz CT molecular complexity index is 548. The Labute approximate surface area is 106 Å². The van der Waals surface area contributed by atoms with Crippen LogP contribution in [0.4, 0.5) is 0 Å². The van der Waals surface area contributed by atoms with Crippen LogP contribution in [0.15, 0.2) is 33.5 Å². The van der Waals surface area contributed by atoms with Crippen molar-refractivity contribution in [2.45, 2.75) is 13.3 Å². The molecule has 88 valence electrons. The quantitative estimate of drug-likeness (QED) is 0.943. The smallest absolute Gasteiger partial charge is 0.340 e. The second-order valence-electron chi connectivity index (χ2n) is 3.43. The van der Waals surface area contributed by atoms with E-state index in [9.17, 15) is 9.90 Å². The van der Waals surface area contributed by atoms with Crippen molar-refractivity contribution in [3.8, 4) is 11.5 Å². The molecule has 2 aromatic heterocycles. The summed E-state index contributed by atoms with van der Waals surface area (Å²) in [6.07, 6.45) is 2.18. The highest BCUT2D eigenvalue weighted by molar-refractivity contribution is 9.10. The maximum Gasteiger partial charge on any atom is 0.340 e. The van der Waals surface area contributed by atoms with E-state index in [2.05, 4.69) is 20.9 Å². The maximum atomic E-state index is 11.3. The van der Waals surface area contributed by atoms with Crippen LogP contribution < -0.4 is 0 Å². The summed E-state index contributed by atoms with van der Waals surface area (Å²) in [5.41, 5.74) is 1.35. The van der Waals surface area contributed by atoms with Crippen LogP contribution in [0.2, 0.25) is 0 Å². The van der Waals surface area contributed by atoms with Gasteiger partial charge in [-0.2, -0.15) is 0 Å². The molecular weight excluding hydrogens is 286 g/mol. The molecule has 0 aliphatic carbocycles. The Morgan fingerprint density at radius 1 is 1.53 bits per heavy atom. The van der Waals surface area contributed by atoms with E-state index < -0.39 is 5.97 Å². The summed E-state index contributed by atoms with van der Waals surface area (Å²) >= 11 is 3.24. The molecule has 0 aromatic carbocycles. The number of carboxylic acids is 1. The summed E-state index contributed by atoms with van der Waals surface area (Å²) in [6.45, 7) is 1.88. The summed E-state index contributed by atoms with van der Waals surface area (Å²) in [6, 6.07) is 5.27. The topological polar surface area (TPSA) is 63.3 Å². The van der Waals surface area contributed by atoms with Crippen molar-refractivity contribution in [1.82, 2.24) is 4.98 Å². The van der Waals surface area contributed by atoms with E-state index in [1.165, 1.54) is 0 Å². The van der Waals surface area contributed by atoms with E-state index in [1.807, 2.05) is 6.92 Å². The number of nitrogens with zero attached hydrogens (tertiary/aromatic N) is 1. The Morgan fingerprint density at radius 3 is 2.82 bits per heavy atom. The number of aromatic carboxylic acids is 1. The monoisotopic (exact) mass is 295 g/mol. The van der Waals surface area contributed by atoms with Gasteiger partial charge in [0.25, 0.3) is 0 Å². The van der Waals surface area contributed by atoms with Crippen molar-refractivity contribution in [3.63, 3.8) is 0 Å². The first-order valence-corrected chi connectivity index (χ1v) is 5.90. The molecule has 0 amide bonds. The number of hydrogen-bond acceptors (Lipinski definition) is 3. The molecule has 0 saturated carbocycles. The summed E-state index contributed by atoms with van der Waals surface area (Å²) in [4.78, 5) is 15.4. The van der Waals surface area contributed by atoms with Crippen molar-refractivity contribution in [2.75, 3.05) is 0 Å². The minimum atomic E-state index is -1.00. The predicted molar refractivity (Wildman–Crippen MR) is 66.0 cm³/mol. The number of carbonyl (C=O) groups is 1. The lowest BCUT2D eigenvalue weighted by atomic mass is 10.1. The third-order valence-corrected chi connectivity index (χ3v) is 3.06. The zero-order valence-electron chi connectivity index (χ0n) is 9.11. The van der Waals surface area contributed by atoms with Crippen LogP contribution in [-0.2, 0) is 6.42 Å². The van der Waals surface area contributed by atoms with Crippen molar-refractivity contribution in [2.24, 2.45) is 0 Å². The lowest BCUT2D eigenvalue weighted by Gasteiger charge is -1.98. The molecule has 0 fully saturated rings. The first-order chi connectivity index (χ1) is 8.15. The van der Waals surface area contributed by atoms with Gasteiger partial charge in [-0.3, -0.25) is 4.98 Å². The van der Waals surface area contributed by atoms with Crippen molar-refractivity contribution >= 4 is 21.9 Å². The number of aromatic nitrogens is 1. The first-order valence-electron chi connectivity index (χ1n) is 5.11. The predicted octanol–water partition coefficient (Wildman–Crippen LogP) is 3.36. The van der Waals surface area contributed by atoms with Crippen molar-refractivity contribution in [1.29, 1.82) is 0 Å². The summed E-state index contributed by atoms with van der Waals surface area (Å²) in [7, 11) is 0. The van der Waals surface area contributed by atoms with Gasteiger partial charge >= 0.3 is 5.97 Å². The number of hydrogen-bond donors (Lipinski definition) is 1. The fraction of sp³-hybridized carbons (Fsp3) is 0.167. The number of carboxylic acid groups (broad SMARTS) is 1.